The Morgan fingerprint density at radius 1 is 1.44 bits per heavy atom. The maximum Gasteiger partial charge on any atom is 0.118 e. The molecule has 0 bridgehead atoms. The van der Waals surface area contributed by atoms with Crippen LogP contribution in [0, 0.1) is 12.8 Å². The van der Waals surface area contributed by atoms with Gasteiger partial charge < -0.3 is 14.9 Å². The number of hydrogen-bond acceptors (Lipinski definition) is 4. The zero-order valence-electron chi connectivity index (χ0n) is 9.98. The van der Waals surface area contributed by atoms with Gasteiger partial charge in [0, 0.05) is 18.5 Å². The van der Waals surface area contributed by atoms with Crippen LogP contribution in [0.1, 0.15) is 11.5 Å². The molecule has 0 radical (unpaired) electrons. The summed E-state index contributed by atoms with van der Waals surface area (Å²) in [7, 11) is 2.09. The quantitative estimate of drug-likeness (QED) is 0.828. The van der Waals surface area contributed by atoms with E-state index in [-0.39, 0.29) is 6.04 Å². The molecule has 1 aromatic heterocycles. The van der Waals surface area contributed by atoms with E-state index in [1.807, 2.05) is 19.1 Å². The Hall–Kier alpha value is -0.840. The molecule has 1 saturated heterocycles. The third-order valence-electron chi connectivity index (χ3n) is 3.02. The summed E-state index contributed by atoms with van der Waals surface area (Å²) in [5.41, 5.74) is 5.95. The molecule has 0 aromatic carbocycles. The number of furan rings is 1. The van der Waals surface area contributed by atoms with E-state index < -0.39 is 0 Å². The van der Waals surface area contributed by atoms with Crippen molar-refractivity contribution in [2.24, 2.45) is 11.7 Å². The summed E-state index contributed by atoms with van der Waals surface area (Å²) in [6.07, 6.45) is 0. The molecule has 0 amide bonds. The summed E-state index contributed by atoms with van der Waals surface area (Å²) in [5, 5.41) is 0. The van der Waals surface area contributed by atoms with Crippen LogP contribution < -0.4 is 5.73 Å². The molecule has 1 fully saturated rings. The molecule has 16 heavy (non-hydrogen) atoms. The van der Waals surface area contributed by atoms with E-state index in [4.69, 9.17) is 14.9 Å². The van der Waals surface area contributed by atoms with Gasteiger partial charge in [0.25, 0.3) is 0 Å². The normalized spacial score (nSPS) is 25.5. The summed E-state index contributed by atoms with van der Waals surface area (Å²) in [4.78, 5) is 2.23. The molecular weight excluding hydrogens is 204 g/mol. The second kappa shape index (κ2) is 4.99. The lowest BCUT2D eigenvalue weighted by Gasteiger charge is -2.21. The minimum Gasteiger partial charge on any atom is -0.465 e. The molecule has 90 valence electrons. The van der Waals surface area contributed by atoms with E-state index >= 15 is 0 Å². The monoisotopic (exact) mass is 224 g/mol. The lowest BCUT2D eigenvalue weighted by Crippen LogP contribution is -2.36. The van der Waals surface area contributed by atoms with Gasteiger partial charge in [0.15, 0.2) is 0 Å². The van der Waals surface area contributed by atoms with Crippen LogP contribution in [0.15, 0.2) is 16.5 Å². The van der Waals surface area contributed by atoms with Gasteiger partial charge in [-0.15, -0.1) is 0 Å². The standard InChI is InChI=1S/C12H20N2O2/c1-9-3-4-11(16-9)6-14(2)5-10-7-15-8-12(10)13/h3-4,10,12H,5-8,13H2,1-2H3. The van der Waals surface area contributed by atoms with Crippen LogP contribution in [0.5, 0.6) is 0 Å². The summed E-state index contributed by atoms with van der Waals surface area (Å²) in [5.74, 6) is 2.41. The van der Waals surface area contributed by atoms with Crippen molar-refractivity contribution in [2.75, 3.05) is 26.8 Å². The second-order valence-electron chi connectivity index (χ2n) is 4.67. The highest BCUT2D eigenvalue weighted by Gasteiger charge is 2.25. The van der Waals surface area contributed by atoms with Crippen LogP contribution in [0.3, 0.4) is 0 Å². The fourth-order valence-electron chi connectivity index (χ4n) is 2.10. The smallest absolute Gasteiger partial charge is 0.118 e. The number of nitrogens with two attached hydrogens (primary N) is 1. The van der Waals surface area contributed by atoms with Crippen LogP contribution in [-0.4, -0.2) is 37.7 Å². The van der Waals surface area contributed by atoms with Gasteiger partial charge in [0.1, 0.15) is 11.5 Å². The number of hydrogen-bond donors (Lipinski definition) is 1. The van der Waals surface area contributed by atoms with Crippen molar-refractivity contribution in [3.63, 3.8) is 0 Å². The first-order valence-electron chi connectivity index (χ1n) is 5.72. The Morgan fingerprint density at radius 3 is 2.81 bits per heavy atom. The van der Waals surface area contributed by atoms with Gasteiger partial charge in [0.2, 0.25) is 0 Å². The number of ether oxygens (including phenoxy) is 1. The molecule has 2 N–H and O–H groups in total. The number of aryl methyl sites for hydroxylation is 1. The van der Waals surface area contributed by atoms with Crippen LogP contribution in [0.2, 0.25) is 0 Å². The Balaban J connectivity index is 1.82. The lowest BCUT2D eigenvalue weighted by atomic mass is 10.0. The predicted octanol–water partition coefficient (Wildman–Crippen LogP) is 0.994. The zero-order chi connectivity index (χ0) is 11.5. The van der Waals surface area contributed by atoms with Gasteiger partial charge in [0.05, 0.1) is 19.8 Å². The molecule has 4 heteroatoms. The van der Waals surface area contributed by atoms with Gasteiger partial charge in [-0.25, -0.2) is 0 Å². The first-order valence-corrected chi connectivity index (χ1v) is 5.72. The van der Waals surface area contributed by atoms with Gasteiger partial charge >= 0.3 is 0 Å². The van der Waals surface area contributed by atoms with E-state index in [9.17, 15) is 0 Å². The molecule has 2 unspecified atom stereocenters. The molecule has 1 aliphatic heterocycles. The molecular formula is C12H20N2O2. The molecule has 0 saturated carbocycles. The summed E-state index contributed by atoms with van der Waals surface area (Å²) in [6.45, 7) is 5.23. The highest BCUT2D eigenvalue weighted by atomic mass is 16.5. The van der Waals surface area contributed by atoms with Crippen LogP contribution in [0.4, 0.5) is 0 Å². The Kier molecular flexibility index (Phi) is 3.63. The van der Waals surface area contributed by atoms with Crippen molar-refractivity contribution in [1.29, 1.82) is 0 Å². The number of nitrogens with zero attached hydrogens (tertiary/aromatic N) is 1. The molecule has 0 aliphatic carbocycles. The van der Waals surface area contributed by atoms with Gasteiger partial charge in [-0.05, 0) is 26.1 Å². The number of rotatable bonds is 4. The highest BCUT2D eigenvalue weighted by molar-refractivity contribution is 5.05. The predicted molar refractivity (Wildman–Crippen MR) is 62.1 cm³/mol. The summed E-state index contributed by atoms with van der Waals surface area (Å²) in [6, 6.07) is 4.20. The van der Waals surface area contributed by atoms with Crippen LogP contribution >= 0.6 is 0 Å². The van der Waals surface area contributed by atoms with E-state index in [0.29, 0.717) is 12.5 Å². The van der Waals surface area contributed by atoms with E-state index in [1.165, 1.54) is 0 Å². The second-order valence-corrected chi connectivity index (χ2v) is 4.67. The molecule has 2 atom stereocenters. The van der Waals surface area contributed by atoms with Crippen LogP contribution in [-0.2, 0) is 11.3 Å². The minimum absolute atomic E-state index is 0.181. The van der Waals surface area contributed by atoms with Crippen molar-refractivity contribution in [3.05, 3.63) is 23.7 Å². The van der Waals surface area contributed by atoms with Gasteiger partial charge in [-0.1, -0.05) is 0 Å². The highest BCUT2D eigenvalue weighted by Crippen LogP contribution is 2.15. The maximum absolute atomic E-state index is 5.95. The van der Waals surface area contributed by atoms with Gasteiger partial charge in [-0.3, -0.25) is 4.90 Å². The largest absolute Gasteiger partial charge is 0.465 e. The topological polar surface area (TPSA) is 51.6 Å². The molecule has 1 aromatic rings. The van der Waals surface area contributed by atoms with Crippen molar-refractivity contribution in [3.8, 4) is 0 Å². The Morgan fingerprint density at radius 2 is 2.25 bits per heavy atom. The summed E-state index contributed by atoms with van der Waals surface area (Å²) < 4.78 is 10.9. The average Bonchev–Trinajstić information content (AvgIpc) is 2.77. The summed E-state index contributed by atoms with van der Waals surface area (Å²) >= 11 is 0. The average molecular weight is 224 g/mol. The third kappa shape index (κ3) is 2.84. The third-order valence-corrected chi connectivity index (χ3v) is 3.02. The van der Waals surface area contributed by atoms with Gasteiger partial charge in [-0.2, -0.15) is 0 Å². The fourth-order valence-corrected chi connectivity index (χ4v) is 2.10. The maximum atomic E-state index is 5.95. The van der Waals surface area contributed by atoms with Crippen molar-refractivity contribution in [2.45, 2.75) is 19.5 Å². The van der Waals surface area contributed by atoms with Crippen molar-refractivity contribution < 1.29 is 9.15 Å². The van der Waals surface area contributed by atoms with E-state index in [0.717, 1.165) is 31.2 Å². The Labute approximate surface area is 96.4 Å². The fraction of sp³-hybridized carbons (Fsp3) is 0.667. The molecule has 2 heterocycles. The van der Waals surface area contributed by atoms with E-state index in [2.05, 4.69) is 11.9 Å². The SMILES string of the molecule is Cc1ccc(CN(C)CC2COCC2N)o1. The van der Waals surface area contributed by atoms with Crippen molar-refractivity contribution in [1.82, 2.24) is 4.90 Å². The molecule has 1 aliphatic rings. The van der Waals surface area contributed by atoms with E-state index in [1.54, 1.807) is 0 Å². The molecule has 4 nitrogen and oxygen atoms in total. The molecule has 0 spiro atoms. The zero-order valence-corrected chi connectivity index (χ0v) is 9.98. The van der Waals surface area contributed by atoms with Crippen LogP contribution in [0.25, 0.3) is 0 Å². The first-order chi connectivity index (χ1) is 7.65. The minimum atomic E-state index is 0.181. The lowest BCUT2D eigenvalue weighted by molar-refractivity contribution is 0.170. The Bertz CT molecular complexity index is 338. The molecule has 2 rings (SSSR count). The van der Waals surface area contributed by atoms with Crippen molar-refractivity contribution >= 4 is 0 Å². The first kappa shape index (κ1) is 11.6.